The molecule has 3 aromatic rings. The monoisotopic (exact) mass is 399 g/mol. The van der Waals surface area contributed by atoms with Gasteiger partial charge in [-0.15, -0.1) is 10.2 Å². The zero-order chi connectivity index (χ0) is 20.8. The van der Waals surface area contributed by atoms with Crippen LogP contribution in [0.4, 0.5) is 0 Å². The first kappa shape index (κ1) is 20.7. The van der Waals surface area contributed by atoms with Gasteiger partial charge in [0.05, 0.1) is 19.7 Å². The van der Waals surface area contributed by atoms with Crippen molar-refractivity contribution in [1.82, 2.24) is 25.2 Å². The van der Waals surface area contributed by atoms with E-state index in [0.717, 1.165) is 5.56 Å². The molecule has 2 aromatic heterocycles. The molecule has 0 aliphatic rings. The second kappa shape index (κ2) is 9.44. The van der Waals surface area contributed by atoms with Crippen LogP contribution in [0.25, 0.3) is 22.7 Å². The van der Waals surface area contributed by atoms with Crippen LogP contribution < -0.4 is 0 Å². The minimum atomic E-state index is -0.0120. The van der Waals surface area contributed by atoms with Gasteiger partial charge in [-0.2, -0.15) is 0 Å². The molecule has 0 aliphatic heterocycles. The number of amides is 1. The molecule has 0 radical (unpaired) electrons. The van der Waals surface area contributed by atoms with Crippen LogP contribution in [-0.4, -0.2) is 72.0 Å². The largest absolute Gasteiger partial charge is 0.419 e. The summed E-state index contributed by atoms with van der Waals surface area (Å²) in [5, 5.41) is 12.5. The maximum Gasteiger partial charge on any atom is 0.253 e. The first-order valence-corrected chi connectivity index (χ1v) is 9.25. The second-order valence-electron chi connectivity index (χ2n) is 6.82. The lowest BCUT2D eigenvalue weighted by Crippen LogP contribution is -2.38. The van der Waals surface area contributed by atoms with Crippen LogP contribution in [0.5, 0.6) is 0 Å². The van der Waals surface area contributed by atoms with Crippen molar-refractivity contribution in [2.45, 2.75) is 13.5 Å². The molecule has 29 heavy (non-hydrogen) atoms. The lowest BCUT2D eigenvalue weighted by Gasteiger charge is -2.21. The Morgan fingerprint density at radius 1 is 1.17 bits per heavy atom. The number of ether oxygens (including phenoxy) is 1. The minimum Gasteiger partial charge on any atom is -0.419 e. The van der Waals surface area contributed by atoms with E-state index < -0.39 is 0 Å². The van der Waals surface area contributed by atoms with Gasteiger partial charge >= 0.3 is 0 Å². The van der Waals surface area contributed by atoms with Crippen LogP contribution in [0.3, 0.4) is 0 Å². The van der Waals surface area contributed by atoms with Crippen molar-refractivity contribution in [3.8, 4) is 22.7 Å². The van der Waals surface area contributed by atoms with E-state index in [2.05, 4.69) is 15.4 Å². The predicted octanol–water partition coefficient (Wildman–Crippen LogP) is 2.24. The summed E-state index contributed by atoms with van der Waals surface area (Å²) in [5.41, 5.74) is 2.22. The average molecular weight is 399 g/mol. The number of rotatable bonds is 9. The summed E-state index contributed by atoms with van der Waals surface area (Å²) in [6.07, 6.45) is 0. The molecule has 0 N–H and O–H groups in total. The molecular formula is C20H25N5O4. The summed E-state index contributed by atoms with van der Waals surface area (Å²) >= 11 is 0. The van der Waals surface area contributed by atoms with Crippen LogP contribution in [0.15, 0.2) is 39.3 Å². The fourth-order valence-electron chi connectivity index (χ4n) is 2.79. The molecule has 0 atom stereocenters. The molecule has 0 fully saturated rings. The molecule has 3 rings (SSSR count). The van der Waals surface area contributed by atoms with Gasteiger partial charge < -0.3 is 18.6 Å². The molecule has 9 heteroatoms. The number of nitrogens with zero attached hydrogens (tertiary/aromatic N) is 5. The molecule has 0 bridgehead atoms. The fraction of sp³-hybridized carbons (Fsp3) is 0.400. The molecule has 0 saturated heterocycles. The van der Waals surface area contributed by atoms with E-state index in [4.69, 9.17) is 13.7 Å². The summed E-state index contributed by atoms with van der Waals surface area (Å²) in [7, 11) is 5.07. The Hall–Kier alpha value is -3.04. The molecule has 0 spiro atoms. The standard InChI is InChI=1S/C20H25N5O4/c1-14-18(19(23-29-14)15-8-6-5-7-9-15)20-22-21-16(28-20)12-25(10-11-27-4)13-17(26)24(2)3/h5-9H,10-13H2,1-4H3. The topological polar surface area (TPSA) is 97.7 Å². The first-order valence-electron chi connectivity index (χ1n) is 9.25. The Balaban J connectivity index is 1.81. The third-order valence-corrected chi connectivity index (χ3v) is 4.42. The SMILES string of the molecule is COCCN(CC(=O)N(C)C)Cc1nnc(-c2c(-c3ccccc3)noc2C)o1. The van der Waals surface area contributed by atoms with Crippen LogP contribution in [-0.2, 0) is 16.1 Å². The number of benzene rings is 1. The van der Waals surface area contributed by atoms with Gasteiger partial charge in [0.25, 0.3) is 5.89 Å². The number of carbonyl (C=O) groups is 1. The van der Waals surface area contributed by atoms with Crippen molar-refractivity contribution in [1.29, 1.82) is 0 Å². The number of hydrogen-bond donors (Lipinski definition) is 0. The summed E-state index contributed by atoms with van der Waals surface area (Å²) < 4.78 is 16.4. The van der Waals surface area contributed by atoms with Crippen molar-refractivity contribution in [3.63, 3.8) is 0 Å². The number of methoxy groups -OCH3 is 1. The second-order valence-corrected chi connectivity index (χ2v) is 6.82. The van der Waals surface area contributed by atoms with E-state index in [0.29, 0.717) is 48.5 Å². The molecule has 0 aliphatic carbocycles. The van der Waals surface area contributed by atoms with Gasteiger partial charge in [-0.05, 0) is 6.92 Å². The minimum absolute atomic E-state index is 0.0120. The molecule has 0 unspecified atom stereocenters. The van der Waals surface area contributed by atoms with Gasteiger partial charge in [-0.25, -0.2) is 0 Å². The molecular weight excluding hydrogens is 374 g/mol. The van der Waals surface area contributed by atoms with Gasteiger partial charge in [0.2, 0.25) is 11.8 Å². The highest BCUT2D eigenvalue weighted by Gasteiger charge is 2.23. The number of aromatic nitrogens is 3. The fourth-order valence-corrected chi connectivity index (χ4v) is 2.79. The van der Waals surface area contributed by atoms with E-state index in [9.17, 15) is 4.79 Å². The Kier molecular flexibility index (Phi) is 6.73. The zero-order valence-corrected chi connectivity index (χ0v) is 17.1. The Morgan fingerprint density at radius 3 is 2.62 bits per heavy atom. The van der Waals surface area contributed by atoms with E-state index in [1.165, 1.54) is 0 Å². The molecule has 9 nitrogen and oxygen atoms in total. The van der Waals surface area contributed by atoms with E-state index in [1.54, 1.807) is 33.0 Å². The van der Waals surface area contributed by atoms with Crippen LogP contribution in [0, 0.1) is 6.92 Å². The van der Waals surface area contributed by atoms with Crippen molar-refractivity contribution in [3.05, 3.63) is 42.0 Å². The van der Waals surface area contributed by atoms with Gasteiger partial charge in [-0.1, -0.05) is 35.5 Å². The van der Waals surface area contributed by atoms with Gasteiger partial charge in [0, 0.05) is 33.3 Å². The third kappa shape index (κ3) is 5.07. The number of aryl methyl sites for hydroxylation is 1. The lowest BCUT2D eigenvalue weighted by atomic mass is 10.1. The smallest absolute Gasteiger partial charge is 0.253 e. The third-order valence-electron chi connectivity index (χ3n) is 4.42. The summed E-state index contributed by atoms with van der Waals surface area (Å²) in [5.74, 6) is 1.32. The van der Waals surface area contributed by atoms with Crippen LogP contribution >= 0.6 is 0 Å². The van der Waals surface area contributed by atoms with E-state index >= 15 is 0 Å². The highest BCUT2D eigenvalue weighted by atomic mass is 16.5. The molecule has 1 aromatic carbocycles. The summed E-state index contributed by atoms with van der Waals surface area (Å²) in [6, 6.07) is 9.68. The summed E-state index contributed by atoms with van der Waals surface area (Å²) in [6.45, 7) is 3.43. The highest BCUT2D eigenvalue weighted by Crippen LogP contribution is 2.33. The van der Waals surface area contributed by atoms with Crippen molar-refractivity contribution < 1.29 is 18.5 Å². The van der Waals surface area contributed by atoms with E-state index in [-0.39, 0.29) is 12.5 Å². The Bertz CT molecular complexity index is 936. The maximum absolute atomic E-state index is 12.1. The quantitative estimate of drug-likeness (QED) is 0.540. The Morgan fingerprint density at radius 2 is 1.93 bits per heavy atom. The predicted molar refractivity (Wildman–Crippen MR) is 106 cm³/mol. The molecule has 154 valence electrons. The maximum atomic E-state index is 12.1. The first-order chi connectivity index (χ1) is 14.0. The molecule has 1 amide bonds. The molecule has 2 heterocycles. The van der Waals surface area contributed by atoms with Gasteiger partial charge in [0.15, 0.2) is 0 Å². The number of likely N-dealkylation sites (N-methyl/N-ethyl adjacent to an activating group) is 1. The molecule has 0 saturated carbocycles. The van der Waals surface area contributed by atoms with E-state index in [1.807, 2.05) is 35.2 Å². The highest BCUT2D eigenvalue weighted by molar-refractivity contribution is 5.78. The van der Waals surface area contributed by atoms with Crippen LogP contribution in [0.1, 0.15) is 11.7 Å². The number of hydrogen-bond acceptors (Lipinski definition) is 8. The lowest BCUT2D eigenvalue weighted by molar-refractivity contribution is -0.130. The average Bonchev–Trinajstić information content (AvgIpc) is 3.32. The van der Waals surface area contributed by atoms with Crippen molar-refractivity contribution in [2.75, 3.05) is 40.9 Å². The normalized spacial score (nSPS) is 11.2. The van der Waals surface area contributed by atoms with Crippen molar-refractivity contribution in [2.24, 2.45) is 0 Å². The van der Waals surface area contributed by atoms with Gasteiger partial charge in [-0.3, -0.25) is 9.69 Å². The number of carbonyl (C=O) groups excluding carboxylic acids is 1. The summed E-state index contributed by atoms with van der Waals surface area (Å²) in [4.78, 5) is 15.6. The zero-order valence-electron chi connectivity index (χ0n) is 17.1. The van der Waals surface area contributed by atoms with Gasteiger partial charge in [0.1, 0.15) is 17.0 Å². The van der Waals surface area contributed by atoms with Crippen LogP contribution in [0.2, 0.25) is 0 Å². The Labute approximate surface area is 169 Å². The van der Waals surface area contributed by atoms with Crippen molar-refractivity contribution >= 4 is 5.91 Å².